The molecule has 1 atom stereocenters. The van der Waals surface area contributed by atoms with Crippen molar-refractivity contribution < 1.29 is 9.90 Å². The minimum Gasteiger partial charge on any atom is -0.369 e. The Hall–Kier alpha value is -3.37. The molecule has 0 aliphatic carbocycles. The molecule has 2 N–H and O–H groups in total. The van der Waals surface area contributed by atoms with E-state index in [-0.39, 0.29) is 11.5 Å². The maximum atomic E-state index is 12.1. The van der Waals surface area contributed by atoms with Gasteiger partial charge in [0.1, 0.15) is 5.52 Å². The van der Waals surface area contributed by atoms with Crippen LogP contribution in [0, 0.1) is 11.8 Å². The van der Waals surface area contributed by atoms with E-state index in [4.69, 9.17) is 0 Å². The van der Waals surface area contributed by atoms with Crippen molar-refractivity contribution in [2.24, 2.45) is 0 Å². The summed E-state index contributed by atoms with van der Waals surface area (Å²) in [5.41, 5.74) is 0.645. The molecule has 3 aromatic rings. The molecule has 1 aromatic carbocycles. The molecule has 0 radical (unpaired) electrons. The molecule has 1 fully saturated rings. The van der Waals surface area contributed by atoms with Gasteiger partial charge in [-0.2, -0.15) is 0 Å². The van der Waals surface area contributed by atoms with E-state index in [0.717, 1.165) is 5.56 Å². The van der Waals surface area contributed by atoms with Crippen molar-refractivity contribution in [1.82, 2.24) is 19.3 Å². The summed E-state index contributed by atoms with van der Waals surface area (Å²) in [6, 6.07) is 7.25. The number of fused-ring (bicyclic) bond motifs is 1. The highest BCUT2D eigenvalue weighted by atomic mass is 16.3. The Labute approximate surface area is 148 Å². The molecule has 3 heterocycles. The summed E-state index contributed by atoms with van der Waals surface area (Å²) < 4.78 is 1.66. The van der Waals surface area contributed by atoms with E-state index >= 15 is 0 Å². The normalized spacial score (nSPS) is 19.6. The monoisotopic (exact) mass is 348 g/mol. The third-order valence-electron chi connectivity index (χ3n) is 4.51. The van der Waals surface area contributed by atoms with E-state index in [1.807, 2.05) is 12.1 Å². The van der Waals surface area contributed by atoms with E-state index < -0.39 is 5.60 Å². The number of carbonyl (C=O) groups is 1. The summed E-state index contributed by atoms with van der Waals surface area (Å²) >= 11 is 0. The highest BCUT2D eigenvalue weighted by Crippen LogP contribution is 2.21. The second-order valence-corrected chi connectivity index (χ2v) is 6.35. The zero-order valence-corrected chi connectivity index (χ0v) is 14.1. The summed E-state index contributed by atoms with van der Waals surface area (Å²) in [6.07, 6.45) is 5.13. The van der Waals surface area contributed by atoms with Gasteiger partial charge >= 0.3 is 0 Å². The standard InChI is InChI=1S/C19H16N4O3/c1-22-8-7-19(26,18(22)25)6-5-13-3-2-4-14(9-13)15-11-23-12-20-10-16(23)17(24)21-15/h2-4,9-12,26H,7-8H2,1H3,(H,21,24). The molecule has 2 aromatic heterocycles. The predicted molar refractivity (Wildman–Crippen MR) is 95.3 cm³/mol. The number of rotatable bonds is 1. The molecule has 0 spiro atoms. The van der Waals surface area contributed by atoms with E-state index in [0.29, 0.717) is 29.7 Å². The van der Waals surface area contributed by atoms with Crippen LogP contribution in [-0.4, -0.2) is 49.5 Å². The van der Waals surface area contributed by atoms with Gasteiger partial charge in [0.25, 0.3) is 11.5 Å². The summed E-state index contributed by atoms with van der Waals surface area (Å²) in [5, 5.41) is 10.4. The fourth-order valence-electron chi connectivity index (χ4n) is 3.00. The van der Waals surface area contributed by atoms with Crippen molar-refractivity contribution in [3.05, 3.63) is 58.9 Å². The molecular formula is C19H16N4O3. The van der Waals surface area contributed by atoms with Crippen LogP contribution in [0.25, 0.3) is 16.8 Å². The van der Waals surface area contributed by atoms with Crippen LogP contribution in [0.15, 0.2) is 47.8 Å². The van der Waals surface area contributed by atoms with Gasteiger partial charge in [-0.05, 0) is 12.1 Å². The summed E-state index contributed by atoms with van der Waals surface area (Å²) in [7, 11) is 1.64. The largest absolute Gasteiger partial charge is 0.369 e. The van der Waals surface area contributed by atoms with Crippen LogP contribution in [0.3, 0.4) is 0 Å². The van der Waals surface area contributed by atoms with Crippen molar-refractivity contribution in [1.29, 1.82) is 0 Å². The van der Waals surface area contributed by atoms with Crippen molar-refractivity contribution >= 4 is 11.4 Å². The molecule has 7 nitrogen and oxygen atoms in total. The van der Waals surface area contributed by atoms with Gasteiger partial charge in [0, 0.05) is 37.3 Å². The lowest BCUT2D eigenvalue weighted by Gasteiger charge is -2.13. The fourth-order valence-corrected chi connectivity index (χ4v) is 3.00. The van der Waals surface area contributed by atoms with Gasteiger partial charge < -0.3 is 15.0 Å². The Morgan fingerprint density at radius 2 is 2.19 bits per heavy atom. The quantitative estimate of drug-likeness (QED) is 0.631. The molecule has 130 valence electrons. The first-order chi connectivity index (χ1) is 12.5. The summed E-state index contributed by atoms with van der Waals surface area (Å²) in [5.74, 6) is 5.19. The Morgan fingerprint density at radius 1 is 1.35 bits per heavy atom. The van der Waals surface area contributed by atoms with Crippen LogP contribution < -0.4 is 5.56 Å². The first-order valence-corrected chi connectivity index (χ1v) is 8.13. The Kier molecular flexibility index (Phi) is 3.63. The zero-order valence-electron chi connectivity index (χ0n) is 14.1. The van der Waals surface area contributed by atoms with Crippen molar-refractivity contribution in [2.45, 2.75) is 12.0 Å². The van der Waals surface area contributed by atoms with Crippen LogP contribution in [0.1, 0.15) is 12.0 Å². The number of aromatic nitrogens is 3. The smallest absolute Gasteiger partial charge is 0.274 e. The minimum absolute atomic E-state index is 0.231. The number of H-pyrrole nitrogens is 1. The van der Waals surface area contributed by atoms with E-state index in [1.165, 1.54) is 11.1 Å². The number of amides is 1. The van der Waals surface area contributed by atoms with Crippen LogP contribution in [-0.2, 0) is 4.79 Å². The summed E-state index contributed by atoms with van der Waals surface area (Å²) in [6.45, 7) is 0.482. The van der Waals surface area contributed by atoms with Gasteiger partial charge in [-0.15, -0.1) is 0 Å². The highest BCUT2D eigenvalue weighted by Gasteiger charge is 2.42. The van der Waals surface area contributed by atoms with Gasteiger partial charge in [-0.3, -0.25) is 14.0 Å². The number of carbonyl (C=O) groups excluding carboxylic acids is 1. The third kappa shape index (κ3) is 2.66. The number of hydrogen-bond donors (Lipinski definition) is 2. The van der Waals surface area contributed by atoms with Crippen molar-refractivity contribution in [3.8, 4) is 23.1 Å². The molecule has 1 saturated heterocycles. The highest BCUT2D eigenvalue weighted by molar-refractivity contribution is 5.90. The lowest BCUT2D eigenvalue weighted by atomic mass is 10.0. The molecule has 26 heavy (non-hydrogen) atoms. The maximum Gasteiger partial charge on any atom is 0.274 e. The molecule has 0 bridgehead atoms. The fraction of sp³-hybridized carbons (Fsp3) is 0.211. The van der Waals surface area contributed by atoms with Crippen molar-refractivity contribution in [2.75, 3.05) is 13.6 Å². The zero-order chi connectivity index (χ0) is 18.3. The molecule has 7 heteroatoms. The lowest BCUT2D eigenvalue weighted by Crippen LogP contribution is -2.37. The minimum atomic E-state index is -1.63. The number of nitrogens with one attached hydrogen (secondary N) is 1. The first kappa shape index (κ1) is 16.1. The number of aromatic amines is 1. The Balaban J connectivity index is 1.70. The van der Waals surface area contributed by atoms with Gasteiger partial charge in [0.15, 0.2) is 0 Å². The molecule has 1 amide bonds. The average molecular weight is 348 g/mol. The van der Waals surface area contributed by atoms with Crippen molar-refractivity contribution in [3.63, 3.8) is 0 Å². The van der Waals surface area contributed by atoms with E-state index in [1.54, 1.807) is 36.1 Å². The van der Waals surface area contributed by atoms with Crippen LogP contribution in [0.5, 0.6) is 0 Å². The number of likely N-dealkylation sites (N-methyl/N-ethyl adjacent to an activating group) is 1. The second-order valence-electron chi connectivity index (χ2n) is 6.35. The molecule has 1 aliphatic rings. The SMILES string of the molecule is CN1CCC(O)(C#Cc2cccc(-c3cn4cncc4c(=O)[nH]3)c2)C1=O. The average Bonchev–Trinajstić information content (AvgIpc) is 3.22. The first-order valence-electron chi connectivity index (χ1n) is 8.13. The van der Waals surface area contributed by atoms with E-state index in [9.17, 15) is 14.7 Å². The van der Waals surface area contributed by atoms with Gasteiger partial charge in [-0.25, -0.2) is 4.98 Å². The molecular weight excluding hydrogens is 332 g/mol. The van der Waals surface area contributed by atoms with E-state index in [2.05, 4.69) is 21.8 Å². The molecule has 0 saturated carbocycles. The Bertz CT molecular complexity index is 1130. The number of imidazole rings is 1. The van der Waals surface area contributed by atoms with Gasteiger partial charge in [0.05, 0.1) is 18.2 Å². The molecule has 4 rings (SSSR count). The predicted octanol–water partition coefficient (Wildman–Crippen LogP) is 0.634. The van der Waals surface area contributed by atoms with Crippen LogP contribution in [0.4, 0.5) is 0 Å². The second kappa shape index (κ2) is 5.86. The topological polar surface area (TPSA) is 90.7 Å². The molecule has 1 unspecified atom stereocenters. The summed E-state index contributed by atoms with van der Waals surface area (Å²) in [4.78, 5) is 32.4. The van der Waals surface area contributed by atoms with Gasteiger partial charge in [-0.1, -0.05) is 24.0 Å². The maximum absolute atomic E-state index is 12.1. The number of aliphatic hydroxyl groups is 1. The number of nitrogens with zero attached hydrogens (tertiary/aromatic N) is 3. The Morgan fingerprint density at radius 3 is 2.96 bits per heavy atom. The van der Waals surface area contributed by atoms with Crippen LogP contribution >= 0.6 is 0 Å². The number of likely N-dealkylation sites (tertiary alicyclic amines) is 1. The number of benzene rings is 1. The van der Waals surface area contributed by atoms with Gasteiger partial charge in [0.2, 0.25) is 5.60 Å². The molecule has 1 aliphatic heterocycles. The third-order valence-corrected chi connectivity index (χ3v) is 4.51. The number of hydrogen-bond acceptors (Lipinski definition) is 4. The lowest BCUT2D eigenvalue weighted by molar-refractivity contribution is -0.137. The van der Waals surface area contributed by atoms with Crippen LogP contribution in [0.2, 0.25) is 0 Å².